The third-order valence-electron chi connectivity index (χ3n) is 6.29. The number of benzene rings is 1. The molecule has 0 N–H and O–H groups in total. The highest BCUT2D eigenvalue weighted by Gasteiger charge is 2.45. The molecule has 0 radical (unpaired) electrons. The van der Waals surface area contributed by atoms with Gasteiger partial charge >= 0.3 is 6.61 Å². The highest BCUT2D eigenvalue weighted by Crippen LogP contribution is 2.49. The summed E-state index contributed by atoms with van der Waals surface area (Å²) in [6.07, 6.45) is 3.97. The van der Waals surface area contributed by atoms with Crippen molar-refractivity contribution in [2.45, 2.75) is 25.1 Å². The molecule has 1 aromatic carbocycles. The molecule has 2 atom stereocenters. The first-order valence-corrected chi connectivity index (χ1v) is 10.6. The number of aromatic nitrogens is 5. The van der Waals surface area contributed by atoms with E-state index < -0.39 is 12.7 Å². The van der Waals surface area contributed by atoms with Crippen LogP contribution in [0.15, 0.2) is 42.7 Å². The van der Waals surface area contributed by atoms with Crippen molar-refractivity contribution < 1.29 is 18.3 Å². The summed E-state index contributed by atoms with van der Waals surface area (Å²) in [7, 11) is 3.52. The van der Waals surface area contributed by atoms with E-state index in [9.17, 15) is 13.6 Å². The van der Waals surface area contributed by atoms with Gasteiger partial charge < -0.3 is 14.2 Å². The molecule has 170 valence electrons. The van der Waals surface area contributed by atoms with Gasteiger partial charge in [-0.3, -0.25) is 9.48 Å². The Labute approximate surface area is 192 Å². The number of carbonyl (C=O) groups is 1. The van der Waals surface area contributed by atoms with Crippen molar-refractivity contribution >= 4 is 17.1 Å². The second-order valence-corrected chi connectivity index (χ2v) is 8.31. The van der Waals surface area contributed by atoms with E-state index in [-0.39, 0.29) is 17.7 Å². The maximum absolute atomic E-state index is 13.2. The summed E-state index contributed by atoms with van der Waals surface area (Å²) >= 11 is 0. The summed E-state index contributed by atoms with van der Waals surface area (Å²) in [4.78, 5) is 24.3. The van der Waals surface area contributed by atoms with Gasteiger partial charge in [-0.1, -0.05) is 12.0 Å². The Bertz CT molecular complexity index is 1530. The molecule has 4 aromatic rings. The maximum atomic E-state index is 13.2. The summed E-state index contributed by atoms with van der Waals surface area (Å²) in [6.45, 7) is -3.01. The van der Waals surface area contributed by atoms with Crippen LogP contribution < -0.4 is 4.74 Å². The molecule has 2 aliphatic rings. The van der Waals surface area contributed by atoms with E-state index in [0.717, 1.165) is 5.56 Å². The lowest BCUT2D eigenvalue weighted by Gasteiger charge is -2.24. The van der Waals surface area contributed by atoms with Crippen LogP contribution in [0.3, 0.4) is 0 Å². The van der Waals surface area contributed by atoms with Gasteiger partial charge in [0, 0.05) is 37.8 Å². The number of nitrogens with zero attached hydrogens (tertiary/aromatic N) is 6. The zero-order chi connectivity index (χ0) is 23.6. The van der Waals surface area contributed by atoms with E-state index >= 15 is 0 Å². The first-order chi connectivity index (χ1) is 16.4. The van der Waals surface area contributed by atoms with Gasteiger partial charge in [0.25, 0.3) is 5.91 Å². The number of alkyl halides is 2. The van der Waals surface area contributed by atoms with Crippen molar-refractivity contribution in [3.8, 4) is 17.6 Å². The molecule has 6 rings (SSSR count). The lowest BCUT2D eigenvalue weighted by molar-refractivity contribution is -0.0507. The topological polar surface area (TPSA) is 78.1 Å². The molecule has 0 fully saturated rings. The fourth-order valence-corrected chi connectivity index (χ4v) is 4.83. The third-order valence-corrected chi connectivity index (χ3v) is 6.29. The van der Waals surface area contributed by atoms with E-state index in [0.29, 0.717) is 40.2 Å². The number of rotatable bonds is 2. The summed E-state index contributed by atoms with van der Waals surface area (Å²) in [5.74, 6) is 6.49. The standard InChI is InChI=1S/C24H18F2N6O2/c1-30-12-13(11-27-30)6-7-14-8-9-16-21(28-14)32-17-10-18(22(32)29-16)31(2)23(33)15-4-3-5-19(20(15)17)34-24(25)26/h3-5,8-9,11-12,17-18,24H,10H2,1-2H3/t17?,18-/m1/s1. The van der Waals surface area contributed by atoms with Crippen LogP contribution >= 0.6 is 0 Å². The van der Waals surface area contributed by atoms with Gasteiger partial charge in [-0.25, -0.2) is 9.97 Å². The number of hydrogen-bond acceptors (Lipinski definition) is 5. The average Bonchev–Trinajstić information content (AvgIpc) is 3.48. The van der Waals surface area contributed by atoms with Gasteiger partial charge in [0.1, 0.15) is 22.8 Å². The molecule has 0 saturated heterocycles. The minimum absolute atomic E-state index is 0.0119. The molecule has 1 unspecified atom stereocenters. The molecule has 0 aliphatic carbocycles. The predicted octanol–water partition coefficient (Wildman–Crippen LogP) is 3.29. The van der Waals surface area contributed by atoms with E-state index in [1.807, 2.05) is 23.9 Å². The summed E-state index contributed by atoms with van der Waals surface area (Å²) in [6, 6.07) is 7.53. The Balaban J connectivity index is 1.53. The second kappa shape index (κ2) is 7.38. The first-order valence-electron chi connectivity index (χ1n) is 10.6. The van der Waals surface area contributed by atoms with Crippen LogP contribution in [0.1, 0.15) is 51.5 Å². The zero-order valence-electron chi connectivity index (χ0n) is 18.2. The Hall–Kier alpha value is -4.26. The number of fused-ring (bicyclic) bond motifs is 9. The summed E-state index contributed by atoms with van der Waals surface area (Å²) in [5.41, 5.74) is 3.30. The summed E-state index contributed by atoms with van der Waals surface area (Å²) in [5, 5.41) is 4.11. The van der Waals surface area contributed by atoms with Crippen LogP contribution in [0.25, 0.3) is 11.2 Å². The van der Waals surface area contributed by atoms with Crippen molar-refractivity contribution in [3.63, 3.8) is 0 Å². The molecule has 2 aliphatic heterocycles. The zero-order valence-corrected chi connectivity index (χ0v) is 18.2. The quantitative estimate of drug-likeness (QED) is 0.429. The molecule has 0 spiro atoms. The Morgan fingerprint density at radius 3 is 2.74 bits per heavy atom. The number of ether oxygens (including phenoxy) is 1. The van der Waals surface area contributed by atoms with Gasteiger partial charge in [0.05, 0.1) is 23.8 Å². The normalized spacial score (nSPS) is 18.5. The molecule has 1 amide bonds. The number of halogens is 2. The van der Waals surface area contributed by atoms with Crippen molar-refractivity contribution in [3.05, 3.63) is 70.9 Å². The maximum Gasteiger partial charge on any atom is 0.387 e. The second-order valence-electron chi connectivity index (χ2n) is 8.31. The minimum atomic E-state index is -3.01. The number of imidazole rings is 1. The van der Waals surface area contributed by atoms with E-state index in [2.05, 4.69) is 16.9 Å². The Morgan fingerprint density at radius 2 is 1.97 bits per heavy atom. The van der Waals surface area contributed by atoms with Gasteiger partial charge in [0.2, 0.25) is 0 Å². The van der Waals surface area contributed by atoms with E-state index in [1.54, 1.807) is 41.0 Å². The molecule has 5 heterocycles. The molecule has 0 saturated carbocycles. The van der Waals surface area contributed by atoms with Crippen LogP contribution in [-0.2, 0) is 7.05 Å². The number of amides is 1. The molecular weight excluding hydrogens is 442 g/mol. The van der Waals surface area contributed by atoms with E-state index in [1.165, 1.54) is 6.07 Å². The molecule has 2 bridgehead atoms. The highest BCUT2D eigenvalue weighted by molar-refractivity contribution is 5.97. The van der Waals surface area contributed by atoms with Gasteiger partial charge in [-0.15, -0.1) is 0 Å². The monoisotopic (exact) mass is 460 g/mol. The number of carbonyl (C=O) groups excluding carboxylic acids is 1. The lowest BCUT2D eigenvalue weighted by atomic mass is 9.98. The molecule has 8 nitrogen and oxygen atoms in total. The predicted molar refractivity (Wildman–Crippen MR) is 117 cm³/mol. The van der Waals surface area contributed by atoms with Crippen LogP contribution in [-0.4, -0.2) is 48.8 Å². The Morgan fingerprint density at radius 1 is 1.12 bits per heavy atom. The van der Waals surface area contributed by atoms with Crippen molar-refractivity contribution in [2.75, 3.05) is 7.05 Å². The largest absolute Gasteiger partial charge is 0.434 e. The van der Waals surface area contributed by atoms with Crippen LogP contribution in [0.2, 0.25) is 0 Å². The van der Waals surface area contributed by atoms with Crippen molar-refractivity contribution in [1.82, 2.24) is 29.2 Å². The third kappa shape index (κ3) is 3.04. The SMILES string of the molecule is CN1C(=O)c2cccc(OC(F)F)c2C2C[C@@H]1c1nc3ccc(C#Cc4cnn(C)c4)nc3n12. The number of hydrogen-bond donors (Lipinski definition) is 0. The minimum Gasteiger partial charge on any atom is -0.434 e. The first kappa shape index (κ1) is 20.4. The highest BCUT2D eigenvalue weighted by atomic mass is 19.3. The van der Waals surface area contributed by atoms with Crippen molar-refractivity contribution in [1.29, 1.82) is 0 Å². The van der Waals surface area contributed by atoms with Crippen LogP contribution in [0.5, 0.6) is 5.75 Å². The fourth-order valence-electron chi connectivity index (χ4n) is 4.83. The Kier molecular flexibility index (Phi) is 4.42. The average molecular weight is 460 g/mol. The number of pyridine rings is 1. The van der Waals surface area contributed by atoms with E-state index in [4.69, 9.17) is 14.7 Å². The lowest BCUT2D eigenvalue weighted by Crippen LogP contribution is -2.30. The van der Waals surface area contributed by atoms with Crippen LogP contribution in [0, 0.1) is 11.8 Å². The summed E-state index contributed by atoms with van der Waals surface area (Å²) < 4.78 is 34.8. The van der Waals surface area contributed by atoms with Gasteiger partial charge in [-0.05, 0) is 30.2 Å². The number of aryl methyl sites for hydroxylation is 1. The van der Waals surface area contributed by atoms with Crippen molar-refractivity contribution in [2.24, 2.45) is 7.05 Å². The fraction of sp³-hybridized carbons (Fsp3) is 0.250. The van der Waals surface area contributed by atoms with Gasteiger partial charge in [0.15, 0.2) is 5.65 Å². The van der Waals surface area contributed by atoms with Gasteiger partial charge in [-0.2, -0.15) is 13.9 Å². The molecule has 10 heteroatoms. The molecule has 3 aromatic heterocycles. The molecule has 34 heavy (non-hydrogen) atoms. The molecular formula is C24H18F2N6O2. The smallest absolute Gasteiger partial charge is 0.387 e. The van der Waals surface area contributed by atoms with Crippen LogP contribution in [0.4, 0.5) is 8.78 Å².